The Bertz CT molecular complexity index is 421. The highest BCUT2D eigenvalue weighted by molar-refractivity contribution is 6.71. The Kier molecular flexibility index (Phi) is 5.04. The van der Waals surface area contributed by atoms with E-state index < -0.39 is 16.6 Å². The number of allylic oxidation sites excluding steroid dienone is 1. The minimum atomic E-state index is -1.68. The fraction of sp³-hybridized carbons (Fsp3) is 0.467. The molecule has 0 N–H and O–H groups in total. The molecule has 4 heteroatoms. The molecule has 1 aromatic rings. The summed E-state index contributed by atoms with van der Waals surface area (Å²) in [4.78, 5) is 0. The highest BCUT2D eigenvalue weighted by Gasteiger charge is 2.25. The van der Waals surface area contributed by atoms with Crippen molar-refractivity contribution in [3.63, 3.8) is 0 Å². The first-order valence-corrected chi connectivity index (χ1v) is 13.5. The van der Waals surface area contributed by atoms with Crippen molar-refractivity contribution in [3.05, 3.63) is 41.8 Å². The first-order chi connectivity index (χ1) is 8.58. The molecule has 1 aromatic carbocycles. The van der Waals surface area contributed by atoms with Gasteiger partial charge in [0, 0.05) is 5.57 Å². The molecule has 0 fully saturated rings. The van der Waals surface area contributed by atoms with Crippen molar-refractivity contribution in [2.75, 3.05) is 0 Å². The number of hydrogen-bond acceptors (Lipinski definition) is 2. The molecule has 0 aromatic heterocycles. The Balaban J connectivity index is 3.14. The van der Waals surface area contributed by atoms with Crippen molar-refractivity contribution < 1.29 is 8.85 Å². The first kappa shape index (κ1) is 16.0. The van der Waals surface area contributed by atoms with Gasteiger partial charge in [0.1, 0.15) is 0 Å². The quantitative estimate of drug-likeness (QED) is 0.557. The van der Waals surface area contributed by atoms with E-state index >= 15 is 0 Å². The minimum absolute atomic E-state index is 0.726. The van der Waals surface area contributed by atoms with Gasteiger partial charge in [-0.2, -0.15) is 0 Å². The van der Waals surface area contributed by atoms with Crippen molar-refractivity contribution in [3.8, 4) is 0 Å². The molecule has 0 aliphatic rings. The van der Waals surface area contributed by atoms with Gasteiger partial charge in [-0.1, -0.05) is 30.3 Å². The largest absolute Gasteiger partial charge is 0.520 e. The van der Waals surface area contributed by atoms with Crippen molar-refractivity contribution >= 4 is 22.2 Å². The fourth-order valence-electron chi connectivity index (χ4n) is 1.54. The van der Waals surface area contributed by atoms with Crippen molar-refractivity contribution in [1.82, 2.24) is 0 Å². The highest BCUT2D eigenvalue weighted by Crippen LogP contribution is 2.25. The van der Waals surface area contributed by atoms with Crippen molar-refractivity contribution in [1.29, 1.82) is 0 Å². The second-order valence-electron chi connectivity index (χ2n) is 6.71. The lowest BCUT2D eigenvalue weighted by molar-refractivity contribution is 0.219. The molecule has 2 nitrogen and oxygen atoms in total. The first-order valence-electron chi connectivity index (χ1n) is 6.73. The van der Waals surface area contributed by atoms with Crippen LogP contribution < -0.4 is 0 Å². The molecule has 0 saturated heterocycles. The summed E-state index contributed by atoms with van der Waals surface area (Å²) in [6.45, 7) is 15.2. The number of benzene rings is 1. The number of rotatable bonds is 5. The lowest BCUT2D eigenvalue weighted by atomic mass is 10.1. The van der Waals surface area contributed by atoms with Gasteiger partial charge >= 0.3 is 0 Å². The van der Waals surface area contributed by atoms with Crippen LogP contribution in [-0.4, -0.2) is 16.6 Å². The molecule has 0 bridgehead atoms. The van der Waals surface area contributed by atoms with Crippen LogP contribution in [0.15, 0.2) is 36.3 Å². The predicted octanol–water partition coefficient (Wildman–Crippen LogP) is 5.08. The summed E-state index contributed by atoms with van der Waals surface area (Å²) in [6.07, 6.45) is 0. The van der Waals surface area contributed by atoms with Gasteiger partial charge in [-0.25, -0.2) is 0 Å². The smallest absolute Gasteiger partial charge is 0.255 e. The third-order valence-corrected chi connectivity index (χ3v) is 3.91. The Hall–Kier alpha value is -1.01. The Morgan fingerprint density at radius 2 is 1.21 bits per heavy atom. The van der Waals surface area contributed by atoms with Crippen LogP contribution in [0.1, 0.15) is 12.5 Å². The molecule has 0 amide bonds. The minimum Gasteiger partial charge on any atom is -0.520 e. The zero-order valence-corrected chi connectivity index (χ0v) is 15.2. The van der Waals surface area contributed by atoms with E-state index in [1.54, 1.807) is 0 Å². The molecular weight excluding hydrogens is 268 g/mol. The molecule has 1 rings (SSSR count). The van der Waals surface area contributed by atoms with E-state index in [2.05, 4.69) is 58.3 Å². The van der Waals surface area contributed by atoms with Crippen LogP contribution in [0, 0.1) is 0 Å². The van der Waals surface area contributed by atoms with Gasteiger partial charge in [0.05, 0.1) is 0 Å². The molecule has 19 heavy (non-hydrogen) atoms. The zero-order chi connectivity index (χ0) is 14.7. The van der Waals surface area contributed by atoms with Gasteiger partial charge in [-0.15, -0.1) is 0 Å². The summed E-state index contributed by atoms with van der Waals surface area (Å²) in [5.41, 5.74) is 2.25. The van der Waals surface area contributed by atoms with E-state index in [9.17, 15) is 0 Å². The van der Waals surface area contributed by atoms with Crippen LogP contribution in [0.3, 0.4) is 0 Å². The van der Waals surface area contributed by atoms with E-state index in [1.165, 1.54) is 0 Å². The van der Waals surface area contributed by atoms with Crippen LogP contribution in [0.25, 0.3) is 5.57 Å². The molecule has 0 unspecified atom stereocenters. The Morgan fingerprint density at radius 1 is 0.789 bits per heavy atom. The summed E-state index contributed by atoms with van der Waals surface area (Å²) in [7, 11) is -3.35. The maximum Gasteiger partial charge on any atom is 0.255 e. The third kappa shape index (κ3) is 6.12. The lowest BCUT2D eigenvalue weighted by Gasteiger charge is -2.29. The van der Waals surface area contributed by atoms with Crippen LogP contribution in [0.5, 0.6) is 0 Å². The molecule has 0 aliphatic carbocycles. The summed E-state index contributed by atoms with van der Waals surface area (Å²) in [5.74, 6) is 0.726. The molecule has 106 valence electrons. The summed E-state index contributed by atoms with van der Waals surface area (Å²) < 4.78 is 12.3. The van der Waals surface area contributed by atoms with E-state index in [-0.39, 0.29) is 0 Å². The van der Waals surface area contributed by atoms with E-state index in [1.807, 2.05) is 18.2 Å². The molecular formula is C15H26O2Si2. The van der Waals surface area contributed by atoms with E-state index in [4.69, 9.17) is 8.85 Å². The van der Waals surface area contributed by atoms with Gasteiger partial charge < -0.3 is 8.85 Å². The maximum atomic E-state index is 6.16. The van der Waals surface area contributed by atoms with Crippen LogP contribution in [0.2, 0.25) is 39.3 Å². The summed E-state index contributed by atoms with van der Waals surface area (Å²) in [6, 6.07) is 10.3. The fourth-order valence-corrected chi connectivity index (χ4v) is 3.12. The molecule has 0 radical (unpaired) electrons. The average Bonchev–Trinajstić information content (AvgIpc) is 2.24. The molecule has 0 aliphatic heterocycles. The molecule has 0 saturated carbocycles. The number of hydrogen-bond donors (Lipinski definition) is 0. The van der Waals surface area contributed by atoms with Crippen molar-refractivity contribution in [2.45, 2.75) is 46.2 Å². The van der Waals surface area contributed by atoms with Crippen LogP contribution in [-0.2, 0) is 8.85 Å². The molecule has 0 atom stereocenters. The average molecular weight is 295 g/mol. The van der Waals surface area contributed by atoms with Gasteiger partial charge in [0.2, 0.25) is 16.6 Å². The van der Waals surface area contributed by atoms with Crippen molar-refractivity contribution in [2.24, 2.45) is 0 Å². The van der Waals surface area contributed by atoms with Gasteiger partial charge in [-0.05, 0) is 51.8 Å². The van der Waals surface area contributed by atoms with Gasteiger partial charge in [-0.3, -0.25) is 0 Å². The molecule has 0 spiro atoms. The third-order valence-electron chi connectivity index (χ3n) is 2.31. The Labute approximate surface area is 119 Å². The van der Waals surface area contributed by atoms with E-state index in [0.717, 1.165) is 17.1 Å². The highest BCUT2D eigenvalue weighted by atomic mass is 28.4. The summed E-state index contributed by atoms with van der Waals surface area (Å²) >= 11 is 0. The SMILES string of the molecule is CC(=C(O[Si](C)(C)C)O[Si](C)(C)C)c1ccccc1. The zero-order valence-electron chi connectivity index (χ0n) is 13.2. The monoisotopic (exact) mass is 294 g/mol. The lowest BCUT2D eigenvalue weighted by Crippen LogP contribution is -2.32. The van der Waals surface area contributed by atoms with Crippen LogP contribution in [0.4, 0.5) is 0 Å². The van der Waals surface area contributed by atoms with Crippen LogP contribution >= 0.6 is 0 Å². The van der Waals surface area contributed by atoms with Gasteiger partial charge in [0.15, 0.2) is 0 Å². The van der Waals surface area contributed by atoms with Gasteiger partial charge in [0.25, 0.3) is 5.95 Å². The van der Waals surface area contributed by atoms with E-state index in [0.29, 0.717) is 0 Å². The second-order valence-corrected chi connectivity index (χ2v) is 15.6. The second kappa shape index (κ2) is 5.97. The Morgan fingerprint density at radius 3 is 1.58 bits per heavy atom. The maximum absolute atomic E-state index is 6.16. The molecule has 0 heterocycles. The standard InChI is InChI=1S/C15H26O2Si2/c1-13(14-11-9-8-10-12-14)15(16-18(2,3)4)17-19(5,6)7/h8-12H,1-7H3. The normalized spacial score (nSPS) is 11.9. The topological polar surface area (TPSA) is 18.5 Å². The summed E-state index contributed by atoms with van der Waals surface area (Å²) in [5, 5.41) is 0. The predicted molar refractivity (Wildman–Crippen MR) is 87.9 cm³/mol.